The van der Waals surface area contributed by atoms with E-state index < -0.39 is 0 Å². The minimum absolute atomic E-state index is 0.0823. The van der Waals surface area contributed by atoms with Gasteiger partial charge in [0.05, 0.1) is 25.9 Å². The summed E-state index contributed by atoms with van der Waals surface area (Å²) in [7, 11) is 0. The fourth-order valence-electron chi connectivity index (χ4n) is 4.73. The number of hydrogen-bond acceptors (Lipinski definition) is 4. The summed E-state index contributed by atoms with van der Waals surface area (Å²) in [5.41, 5.74) is 0. The summed E-state index contributed by atoms with van der Waals surface area (Å²) in [4.78, 5) is 10.5. The van der Waals surface area contributed by atoms with E-state index in [1.807, 2.05) is 0 Å². The van der Waals surface area contributed by atoms with Gasteiger partial charge >= 0.3 is 0 Å². The molecule has 34 heavy (non-hydrogen) atoms. The normalized spacial score (nSPS) is 18.4. The van der Waals surface area contributed by atoms with Gasteiger partial charge in [0.25, 0.3) is 0 Å². The van der Waals surface area contributed by atoms with E-state index in [4.69, 9.17) is 19.2 Å². The fraction of sp³-hybridized carbons (Fsp3) is 0.933. The zero-order chi connectivity index (χ0) is 24.4. The van der Waals surface area contributed by atoms with E-state index in [1.165, 1.54) is 122 Å². The molecule has 1 saturated heterocycles. The third kappa shape index (κ3) is 19.8. The lowest BCUT2D eigenvalue weighted by atomic mass is 10.0. The molecule has 2 unspecified atom stereocenters. The highest BCUT2D eigenvalue weighted by molar-refractivity contribution is 4.73. The van der Waals surface area contributed by atoms with E-state index in [9.17, 15) is 0 Å². The summed E-state index contributed by atoms with van der Waals surface area (Å²) in [5, 5.41) is 0. The third-order valence-electron chi connectivity index (χ3n) is 6.94. The first-order valence-corrected chi connectivity index (χ1v) is 15.0. The Kier molecular flexibility index (Phi) is 23.9. The van der Waals surface area contributed by atoms with Crippen LogP contribution >= 0.6 is 0 Å². The van der Waals surface area contributed by atoms with Gasteiger partial charge in [-0.2, -0.15) is 0 Å². The Morgan fingerprint density at radius 1 is 0.706 bits per heavy atom. The molecule has 0 aromatic carbocycles. The zero-order valence-electron chi connectivity index (χ0n) is 22.7. The van der Waals surface area contributed by atoms with Gasteiger partial charge in [0.15, 0.2) is 0 Å². The first-order chi connectivity index (χ1) is 16.9. The van der Waals surface area contributed by atoms with E-state index in [2.05, 4.69) is 13.5 Å². The van der Waals surface area contributed by atoms with Crippen molar-refractivity contribution in [2.75, 3.05) is 26.4 Å². The molecule has 1 aliphatic heterocycles. The van der Waals surface area contributed by atoms with E-state index in [0.29, 0.717) is 19.8 Å². The van der Waals surface area contributed by atoms with Crippen LogP contribution in [0, 0.1) is 0 Å². The molecule has 0 amide bonds. The number of ether oxygens (including phenoxy) is 2. The monoisotopic (exact) mass is 482 g/mol. The second kappa shape index (κ2) is 25.7. The van der Waals surface area contributed by atoms with Crippen molar-refractivity contribution < 1.29 is 19.2 Å². The molecule has 1 rings (SSSR count). The Labute approximate surface area is 212 Å². The molecule has 0 spiro atoms. The highest BCUT2D eigenvalue weighted by atomic mass is 17.2. The minimum atomic E-state index is -0.126. The van der Waals surface area contributed by atoms with Gasteiger partial charge in [0.1, 0.15) is 6.10 Å². The Morgan fingerprint density at radius 2 is 1.18 bits per heavy atom. The van der Waals surface area contributed by atoms with Gasteiger partial charge in [0.2, 0.25) is 0 Å². The molecule has 0 aliphatic carbocycles. The predicted octanol–water partition coefficient (Wildman–Crippen LogP) is 9.12. The Morgan fingerprint density at radius 3 is 1.65 bits per heavy atom. The Bertz CT molecular complexity index is 415. The van der Waals surface area contributed by atoms with Crippen molar-refractivity contribution in [2.45, 2.75) is 154 Å². The lowest BCUT2D eigenvalue weighted by Crippen LogP contribution is -2.40. The van der Waals surface area contributed by atoms with Crippen LogP contribution in [0.2, 0.25) is 0 Å². The van der Waals surface area contributed by atoms with Crippen LogP contribution in [0.1, 0.15) is 142 Å². The molecule has 4 heteroatoms. The highest BCUT2D eigenvalue weighted by Gasteiger charge is 2.28. The second-order valence-electron chi connectivity index (χ2n) is 10.2. The fourth-order valence-corrected chi connectivity index (χ4v) is 4.73. The van der Waals surface area contributed by atoms with Crippen molar-refractivity contribution in [1.82, 2.24) is 0 Å². The lowest BCUT2D eigenvalue weighted by Gasteiger charge is -2.30. The van der Waals surface area contributed by atoms with Crippen molar-refractivity contribution >= 4 is 0 Å². The number of hydrogen-bond donors (Lipinski definition) is 0. The standard InChI is InChI=1S/C30H58O4/c1-3-5-6-7-8-9-10-11-12-13-14-15-16-17-18-19-20-21-22-23-26-32-29-24-27-33-34-30(29)28-31-25-4-2/h4,29-30H,2-3,5-28H2,1H3. The largest absolute Gasteiger partial charge is 0.375 e. The summed E-state index contributed by atoms with van der Waals surface area (Å²) in [6, 6.07) is 0. The van der Waals surface area contributed by atoms with Crippen molar-refractivity contribution in [2.24, 2.45) is 0 Å². The van der Waals surface area contributed by atoms with Crippen molar-refractivity contribution in [1.29, 1.82) is 0 Å². The van der Waals surface area contributed by atoms with Gasteiger partial charge in [0, 0.05) is 13.0 Å². The Hall–Kier alpha value is -0.420. The molecule has 1 heterocycles. The van der Waals surface area contributed by atoms with Gasteiger partial charge < -0.3 is 9.47 Å². The van der Waals surface area contributed by atoms with E-state index >= 15 is 0 Å². The minimum Gasteiger partial charge on any atom is -0.375 e. The molecule has 0 radical (unpaired) electrons. The maximum absolute atomic E-state index is 6.05. The summed E-state index contributed by atoms with van der Waals surface area (Å²) >= 11 is 0. The van der Waals surface area contributed by atoms with Gasteiger partial charge in [-0.1, -0.05) is 135 Å². The van der Waals surface area contributed by atoms with Gasteiger partial charge in [-0.3, -0.25) is 0 Å². The molecule has 0 aromatic heterocycles. The summed E-state index contributed by atoms with van der Waals surface area (Å²) in [6.07, 6.45) is 30.8. The van der Waals surface area contributed by atoms with Crippen molar-refractivity contribution in [3.8, 4) is 0 Å². The molecule has 2 atom stereocenters. The molecule has 0 bridgehead atoms. The molecule has 4 nitrogen and oxygen atoms in total. The predicted molar refractivity (Wildman–Crippen MR) is 144 cm³/mol. The van der Waals surface area contributed by atoms with Crippen LogP contribution in [-0.2, 0) is 19.2 Å². The third-order valence-corrected chi connectivity index (χ3v) is 6.94. The summed E-state index contributed by atoms with van der Waals surface area (Å²) in [5.74, 6) is 0. The average molecular weight is 483 g/mol. The maximum Gasteiger partial charge on any atom is 0.142 e. The van der Waals surface area contributed by atoms with Gasteiger partial charge in [-0.15, -0.1) is 6.58 Å². The molecule has 202 valence electrons. The second-order valence-corrected chi connectivity index (χ2v) is 10.2. The zero-order valence-corrected chi connectivity index (χ0v) is 22.7. The van der Waals surface area contributed by atoms with Crippen LogP contribution in [-0.4, -0.2) is 38.6 Å². The average Bonchev–Trinajstić information content (AvgIpc) is 2.86. The van der Waals surface area contributed by atoms with Crippen LogP contribution in [0.4, 0.5) is 0 Å². The maximum atomic E-state index is 6.05. The number of unbranched alkanes of at least 4 members (excludes halogenated alkanes) is 19. The molecule has 0 aromatic rings. The first-order valence-electron chi connectivity index (χ1n) is 15.0. The van der Waals surface area contributed by atoms with Crippen LogP contribution in [0.5, 0.6) is 0 Å². The quantitative estimate of drug-likeness (QED) is 0.0699. The lowest BCUT2D eigenvalue weighted by molar-refractivity contribution is -0.372. The van der Waals surface area contributed by atoms with E-state index in [-0.39, 0.29) is 12.2 Å². The van der Waals surface area contributed by atoms with E-state index in [1.54, 1.807) is 6.08 Å². The Balaban J connectivity index is 1.76. The molecular weight excluding hydrogens is 424 g/mol. The van der Waals surface area contributed by atoms with Crippen LogP contribution in [0.15, 0.2) is 12.7 Å². The van der Waals surface area contributed by atoms with Gasteiger partial charge in [-0.25, -0.2) is 9.78 Å². The first kappa shape index (κ1) is 31.6. The molecule has 1 fully saturated rings. The van der Waals surface area contributed by atoms with Crippen LogP contribution in [0.3, 0.4) is 0 Å². The molecule has 0 N–H and O–H groups in total. The van der Waals surface area contributed by atoms with Crippen LogP contribution < -0.4 is 0 Å². The number of rotatable bonds is 26. The summed E-state index contributed by atoms with van der Waals surface area (Å²) < 4.78 is 11.6. The molecule has 1 aliphatic rings. The molecule has 0 saturated carbocycles. The highest BCUT2D eigenvalue weighted by Crippen LogP contribution is 2.18. The molecular formula is C30H58O4. The SMILES string of the molecule is C=CCOCC1OOCCC1OCCCCCCCCCCCCCCCCCCCCCC. The van der Waals surface area contributed by atoms with Gasteiger partial charge in [-0.05, 0) is 6.42 Å². The van der Waals surface area contributed by atoms with Crippen molar-refractivity contribution in [3.05, 3.63) is 12.7 Å². The summed E-state index contributed by atoms with van der Waals surface area (Å²) in [6.45, 7) is 8.40. The topological polar surface area (TPSA) is 36.9 Å². The smallest absolute Gasteiger partial charge is 0.142 e. The van der Waals surface area contributed by atoms with Crippen LogP contribution in [0.25, 0.3) is 0 Å². The van der Waals surface area contributed by atoms with E-state index in [0.717, 1.165) is 19.4 Å². The van der Waals surface area contributed by atoms with Crippen molar-refractivity contribution in [3.63, 3.8) is 0 Å².